The van der Waals surface area contributed by atoms with Gasteiger partial charge in [0.2, 0.25) is 0 Å². The maximum atomic E-state index is 2.29. The summed E-state index contributed by atoms with van der Waals surface area (Å²) in [5, 5.41) is 0. The minimum atomic E-state index is 0.478. The summed E-state index contributed by atoms with van der Waals surface area (Å²) < 4.78 is 0. The smallest absolute Gasteiger partial charge is 0.00637 e. The van der Waals surface area contributed by atoms with Crippen molar-refractivity contribution in [2.75, 3.05) is 0 Å². The van der Waals surface area contributed by atoms with E-state index in [0.717, 1.165) is 6.42 Å². The van der Waals surface area contributed by atoms with Crippen LogP contribution in [0.15, 0.2) is 48.5 Å². The molecule has 0 aromatic heterocycles. The highest BCUT2D eigenvalue weighted by atomic mass is 14.1. The van der Waals surface area contributed by atoms with Gasteiger partial charge < -0.3 is 0 Å². The molecule has 0 bridgehead atoms. The van der Waals surface area contributed by atoms with Crippen LogP contribution in [0.4, 0.5) is 0 Å². The molecule has 0 radical (unpaired) electrons. The maximum Gasteiger partial charge on any atom is 0.00637 e. The highest BCUT2D eigenvalue weighted by Gasteiger charge is 2.10. The third kappa shape index (κ3) is 5.75. The van der Waals surface area contributed by atoms with Gasteiger partial charge in [0.25, 0.3) is 0 Å². The van der Waals surface area contributed by atoms with Crippen molar-refractivity contribution in [1.82, 2.24) is 0 Å². The van der Waals surface area contributed by atoms with Gasteiger partial charge in [0.05, 0.1) is 0 Å². The van der Waals surface area contributed by atoms with Crippen LogP contribution in [0.3, 0.4) is 0 Å². The first-order valence-electron chi connectivity index (χ1n) is 8.36. The predicted molar refractivity (Wildman–Crippen MR) is 97.2 cm³/mol. The minimum Gasteiger partial charge on any atom is -0.0683 e. The Bertz CT molecular complexity index is 480. The predicted octanol–water partition coefficient (Wildman–Crippen LogP) is 6.76. The van der Waals surface area contributed by atoms with Gasteiger partial charge in [-0.2, -0.15) is 0 Å². The van der Waals surface area contributed by atoms with E-state index in [9.17, 15) is 0 Å². The molecule has 0 aliphatic heterocycles. The van der Waals surface area contributed by atoms with Crippen LogP contribution >= 0.6 is 0 Å². The van der Waals surface area contributed by atoms with Crippen LogP contribution < -0.4 is 0 Å². The van der Waals surface area contributed by atoms with Gasteiger partial charge in [0, 0.05) is 5.92 Å². The molecule has 0 spiro atoms. The Morgan fingerprint density at radius 2 is 1.33 bits per heavy atom. The highest BCUT2D eigenvalue weighted by molar-refractivity contribution is 5.38. The van der Waals surface area contributed by atoms with Crippen molar-refractivity contribution < 1.29 is 0 Å². The second-order valence-corrected chi connectivity index (χ2v) is 4.68. The van der Waals surface area contributed by atoms with Crippen LogP contribution in [0.2, 0.25) is 0 Å². The van der Waals surface area contributed by atoms with E-state index in [4.69, 9.17) is 0 Å². The number of benzene rings is 2. The SMILES string of the molecule is CC.CC.CCc1ccccc1C(C)c1ccc(C)cc1. The Kier molecular flexibility index (Phi) is 10.3. The molecule has 1 unspecified atom stereocenters. The fraction of sp³-hybridized carbons (Fsp3) is 0.429. The lowest BCUT2D eigenvalue weighted by molar-refractivity contribution is 0.892. The van der Waals surface area contributed by atoms with E-state index in [1.54, 1.807) is 0 Å². The molecule has 0 nitrogen and oxygen atoms in total. The number of aryl methyl sites for hydroxylation is 2. The first kappa shape index (κ1) is 19.4. The Morgan fingerprint density at radius 1 is 0.810 bits per heavy atom. The molecule has 1 atom stereocenters. The van der Waals surface area contributed by atoms with Crippen LogP contribution in [0.1, 0.15) is 69.7 Å². The lowest BCUT2D eigenvalue weighted by atomic mass is 9.88. The van der Waals surface area contributed by atoms with Crippen molar-refractivity contribution in [3.8, 4) is 0 Å². The summed E-state index contributed by atoms with van der Waals surface area (Å²) in [7, 11) is 0. The standard InChI is InChI=1S/C17H20.2C2H6/c1-4-15-7-5-6-8-17(15)14(3)16-11-9-13(2)10-12-16;2*1-2/h5-12,14H,4H2,1-3H3;2*1-2H3. The zero-order valence-corrected chi connectivity index (χ0v) is 14.9. The molecule has 0 saturated heterocycles. The third-order valence-corrected chi connectivity index (χ3v) is 3.48. The normalized spacial score (nSPS) is 10.6. The monoisotopic (exact) mass is 284 g/mol. The van der Waals surface area contributed by atoms with E-state index in [1.165, 1.54) is 22.3 Å². The molecular formula is C21H32. The van der Waals surface area contributed by atoms with E-state index in [0.29, 0.717) is 5.92 Å². The number of hydrogen-bond donors (Lipinski definition) is 0. The highest BCUT2D eigenvalue weighted by Crippen LogP contribution is 2.27. The Balaban J connectivity index is 0.000000921. The molecule has 0 N–H and O–H groups in total. The lowest BCUT2D eigenvalue weighted by Gasteiger charge is -2.16. The van der Waals surface area contributed by atoms with Crippen molar-refractivity contribution in [3.05, 3.63) is 70.8 Å². The molecule has 2 aromatic carbocycles. The summed E-state index contributed by atoms with van der Waals surface area (Å²) in [4.78, 5) is 0. The van der Waals surface area contributed by atoms with Gasteiger partial charge in [-0.1, -0.05) is 95.6 Å². The van der Waals surface area contributed by atoms with Crippen molar-refractivity contribution in [2.45, 2.75) is 60.8 Å². The summed E-state index contributed by atoms with van der Waals surface area (Å²) in [6.07, 6.45) is 1.10. The van der Waals surface area contributed by atoms with E-state index in [1.807, 2.05) is 27.7 Å². The van der Waals surface area contributed by atoms with Crippen molar-refractivity contribution in [1.29, 1.82) is 0 Å². The van der Waals surface area contributed by atoms with Gasteiger partial charge in [0.1, 0.15) is 0 Å². The fourth-order valence-corrected chi connectivity index (χ4v) is 2.31. The summed E-state index contributed by atoms with van der Waals surface area (Å²) in [5.74, 6) is 0.478. The van der Waals surface area contributed by atoms with Gasteiger partial charge in [-0.15, -0.1) is 0 Å². The Hall–Kier alpha value is -1.56. The van der Waals surface area contributed by atoms with E-state index < -0.39 is 0 Å². The number of rotatable bonds is 3. The molecule has 0 fully saturated rings. The van der Waals surface area contributed by atoms with E-state index >= 15 is 0 Å². The molecule has 21 heavy (non-hydrogen) atoms. The summed E-state index contributed by atoms with van der Waals surface area (Å²) in [6.45, 7) is 14.6. The zero-order valence-electron chi connectivity index (χ0n) is 14.9. The zero-order chi connectivity index (χ0) is 16.3. The molecule has 0 heteroatoms. The van der Waals surface area contributed by atoms with Crippen molar-refractivity contribution in [3.63, 3.8) is 0 Å². The van der Waals surface area contributed by atoms with Crippen LogP contribution in [0.5, 0.6) is 0 Å². The van der Waals surface area contributed by atoms with E-state index in [-0.39, 0.29) is 0 Å². The van der Waals surface area contributed by atoms with Crippen LogP contribution in [-0.4, -0.2) is 0 Å². The summed E-state index contributed by atoms with van der Waals surface area (Å²) >= 11 is 0. The molecule has 0 heterocycles. The second kappa shape index (κ2) is 11.1. The third-order valence-electron chi connectivity index (χ3n) is 3.48. The van der Waals surface area contributed by atoms with Gasteiger partial charge >= 0.3 is 0 Å². The van der Waals surface area contributed by atoms with Gasteiger partial charge in [-0.3, -0.25) is 0 Å². The lowest BCUT2D eigenvalue weighted by Crippen LogP contribution is -2.00. The minimum absolute atomic E-state index is 0.478. The molecule has 0 aliphatic carbocycles. The maximum absolute atomic E-state index is 2.29. The van der Waals surface area contributed by atoms with Gasteiger partial charge in [-0.05, 0) is 30.0 Å². The van der Waals surface area contributed by atoms with Crippen LogP contribution in [0, 0.1) is 6.92 Å². The molecule has 0 aliphatic rings. The first-order chi connectivity index (χ1) is 10.2. The van der Waals surface area contributed by atoms with Gasteiger partial charge in [0.15, 0.2) is 0 Å². The fourth-order valence-electron chi connectivity index (χ4n) is 2.31. The average Bonchev–Trinajstić information content (AvgIpc) is 2.58. The molecule has 0 amide bonds. The first-order valence-corrected chi connectivity index (χ1v) is 8.36. The Labute approximate surface area is 132 Å². The molecule has 0 saturated carbocycles. The average molecular weight is 284 g/mol. The molecule has 116 valence electrons. The summed E-state index contributed by atoms with van der Waals surface area (Å²) in [6, 6.07) is 17.6. The Morgan fingerprint density at radius 3 is 1.86 bits per heavy atom. The largest absolute Gasteiger partial charge is 0.0683 e. The topological polar surface area (TPSA) is 0 Å². The van der Waals surface area contributed by atoms with E-state index in [2.05, 4.69) is 69.3 Å². The van der Waals surface area contributed by atoms with Crippen molar-refractivity contribution in [2.24, 2.45) is 0 Å². The molecular weight excluding hydrogens is 252 g/mol. The van der Waals surface area contributed by atoms with Crippen LogP contribution in [0.25, 0.3) is 0 Å². The van der Waals surface area contributed by atoms with Gasteiger partial charge in [-0.25, -0.2) is 0 Å². The molecule has 2 aromatic rings. The number of hydrogen-bond acceptors (Lipinski definition) is 0. The van der Waals surface area contributed by atoms with Crippen LogP contribution in [-0.2, 0) is 6.42 Å². The summed E-state index contributed by atoms with van der Waals surface area (Å²) in [5.41, 5.74) is 5.64. The second-order valence-electron chi connectivity index (χ2n) is 4.68. The molecule has 2 rings (SSSR count). The van der Waals surface area contributed by atoms with Crippen molar-refractivity contribution >= 4 is 0 Å². The quantitative estimate of drug-likeness (QED) is 0.584.